The molecule has 0 saturated heterocycles. The summed E-state index contributed by atoms with van der Waals surface area (Å²) >= 11 is 13.5. The summed E-state index contributed by atoms with van der Waals surface area (Å²) in [5.41, 5.74) is 2.59. The van der Waals surface area contributed by atoms with Crippen LogP contribution in [0, 0.1) is 6.92 Å². The van der Waals surface area contributed by atoms with Crippen LogP contribution in [0.4, 0.5) is 11.5 Å². The van der Waals surface area contributed by atoms with Crippen molar-refractivity contribution < 1.29 is 9.53 Å². The number of carbonyl (C=O) groups is 1. The highest BCUT2D eigenvalue weighted by Crippen LogP contribution is 2.35. The fourth-order valence-corrected chi connectivity index (χ4v) is 4.66. The highest BCUT2D eigenvalue weighted by Gasteiger charge is 2.20. The third-order valence-corrected chi connectivity index (χ3v) is 6.12. The van der Waals surface area contributed by atoms with Crippen LogP contribution in [0.15, 0.2) is 54.9 Å². The maximum absolute atomic E-state index is 12.7. The second-order valence-electron chi connectivity index (χ2n) is 6.61. The first-order chi connectivity index (χ1) is 14.5. The molecule has 8 heteroatoms. The summed E-state index contributed by atoms with van der Waals surface area (Å²) in [5, 5.41) is 5.02. The smallest absolute Gasteiger partial charge is 0.348 e. The van der Waals surface area contributed by atoms with E-state index in [0.717, 1.165) is 16.5 Å². The lowest BCUT2D eigenvalue weighted by atomic mass is 10.2. The van der Waals surface area contributed by atoms with Gasteiger partial charge in [-0.1, -0.05) is 53.5 Å². The van der Waals surface area contributed by atoms with Crippen LogP contribution < -0.4 is 5.32 Å². The van der Waals surface area contributed by atoms with E-state index in [9.17, 15) is 4.79 Å². The molecule has 0 saturated carbocycles. The second-order valence-corrected chi connectivity index (χ2v) is 8.49. The van der Waals surface area contributed by atoms with Crippen LogP contribution in [-0.4, -0.2) is 22.5 Å². The maximum Gasteiger partial charge on any atom is 0.348 e. The Labute approximate surface area is 187 Å². The SMILES string of the molecule is Cc1c(C(=O)OCCc2ccccc2)sc2ncnc(Nc3cc(Cl)cc(Cl)c3)c12. The number of rotatable bonds is 6. The quantitative estimate of drug-likeness (QED) is 0.337. The topological polar surface area (TPSA) is 64.1 Å². The van der Waals surface area contributed by atoms with Crippen LogP contribution in [0.2, 0.25) is 10.0 Å². The van der Waals surface area contributed by atoms with Crippen LogP contribution in [0.3, 0.4) is 0 Å². The third kappa shape index (κ3) is 4.56. The standard InChI is InChI=1S/C22H17Cl2N3O2S/c1-13-18-20(27-17-10-15(23)9-16(24)11-17)25-12-26-21(18)30-19(13)22(28)29-8-7-14-5-3-2-4-6-14/h2-6,9-12H,7-8H2,1H3,(H,25,26,27). The molecule has 30 heavy (non-hydrogen) atoms. The number of nitrogens with zero attached hydrogens (tertiary/aromatic N) is 2. The van der Waals surface area contributed by atoms with E-state index < -0.39 is 0 Å². The van der Waals surface area contributed by atoms with Gasteiger partial charge < -0.3 is 10.1 Å². The van der Waals surface area contributed by atoms with Crippen molar-refractivity contribution in [2.45, 2.75) is 13.3 Å². The molecule has 0 radical (unpaired) electrons. The molecule has 0 spiro atoms. The number of halogens is 2. The van der Waals surface area contributed by atoms with Gasteiger partial charge in [-0.15, -0.1) is 11.3 Å². The Hall–Kier alpha value is -2.67. The number of aryl methyl sites for hydroxylation is 1. The number of hydrogen-bond donors (Lipinski definition) is 1. The molecule has 5 nitrogen and oxygen atoms in total. The molecular weight excluding hydrogens is 441 g/mol. The minimum atomic E-state index is -0.358. The van der Waals surface area contributed by atoms with E-state index in [1.807, 2.05) is 37.3 Å². The lowest BCUT2D eigenvalue weighted by Gasteiger charge is -2.08. The molecule has 0 atom stereocenters. The number of esters is 1. The average molecular weight is 458 g/mol. The van der Waals surface area contributed by atoms with Crippen molar-refractivity contribution in [3.8, 4) is 0 Å². The zero-order chi connectivity index (χ0) is 21.1. The number of nitrogens with one attached hydrogen (secondary N) is 1. The molecule has 1 N–H and O–H groups in total. The minimum Gasteiger partial charge on any atom is -0.461 e. The zero-order valence-electron chi connectivity index (χ0n) is 16.0. The Bertz CT molecular complexity index is 1190. The number of hydrogen-bond acceptors (Lipinski definition) is 6. The first-order valence-corrected chi connectivity index (χ1v) is 10.8. The Balaban J connectivity index is 1.56. The molecule has 0 aliphatic carbocycles. The number of benzene rings is 2. The van der Waals surface area contributed by atoms with Gasteiger partial charge in [-0.25, -0.2) is 14.8 Å². The predicted molar refractivity (Wildman–Crippen MR) is 122 cm³/mol. The number of ether oxygens (including phenoxy) is 1. The first kappa shape index (κ1) is 20.6. The van der Waals surface area contributed by atoms with Crippen molar-refractivity contribution in [2.75, 3.05) is 11.9 Å². The summed E-state index contributed by atoms with van der Waals surface area (Å²) in [5.74, 6) is 0.221. The molecule has 4 aromatic rings. The van der Waals surface area contributed by atoms with Gasteiger partial charge in [-0.2, -0.15) is 0 Å². The third-order valence-electron chi connectivity index (χ3n) is 4.50. The lowest BCUT2D eigenvalue weighted by Crippen LogP contribution is -2.07. The molecule has 2 aromatic heterocycles. The average Bonchev–Trinajstić information content (AvgIpc) is 3.06. The molecule has 4 rings (SSSR count). The van der Waals surface area contributed by atoms with E-state index >= 15 is 0 Å². The molecule has 0 unspecified atom stereocenters. The van der Waals surface area contributed by atoms with Crippen molar-refractivity contribution in [3.63, 3.8) is 0 Å². The molecule has 0 aliphatic heterocycles. The largest absolute Gasteiger partial charge is 0.461 e. The fraction of sp³-hybridized carbons (Fsp3) is 0.136. The molecule has 2 aromatic carbocycles. The number of fused-ring (bicyclic) bond motifs is 1. The molecule has 0 bridgehead atoms. The van der Waals surface area contributed by atoms with Gasteiger partial charge in [0, 0.05) is 22.2 Å². The summed E-state index contributed by atoms with van der Waals surface area (Å²) in [7, 11) is 0. The van der Waals surface area contributed by atoms with E-state index in [2.05, 4.69) is 15.3 Å². The van der Waals surface area contributed by atoms with Crippen LogP contribution in [0.25, 0.3) is 10.2 Å². The van der Waals surface area contributed by atoms with Gasteiger partial charge in [-0.05, 0) is 36.2 Å². The van der Waals surface area contributed by atoms with Crippen LogP contribution in [0.1, 0.15) is 20.8 Å². The number of aromatic nitrogens is 2. The predicted octanol–water partition coefficient (Wildman–Crippen LogP) is 6.45. The number of anilines is 2. The van der Waals surface area contributed by atoms with E-state index in [-0.39, 0.29) is 5.97 Å². The normalized spacial score (nSPS) is 10.9. The van der Waals surface area contributed by atoms with Crippen molar-refractivity contribution in [3.05, 3.63) is 80.9 Å². The fourth-order valence-electron chi connectivity index (χ4n) is 3.10. The van der Waals surface area contributed by atoms with Gasteiger partial charge in [0.15, 0.2) is 0 Å². The summed E-state index contributed by atoms with van der Waals surface area (Å²) in [6, 6.07) is 15.1. The van der Waals surface area contributed by atoms with Gasteiger partial charge in [0.25, 0.3) is 0 Å². The Morgan fingerprint density at radius 1 is 1.10 bits per heavy atom. The molecule has 0 fully saturated rings. The minimum absolute atomic E-state index is 0.314. The Kier molecular flexibility index (Phi) is 6.18. The van der Waals surface area contributed by atoms with Gasteiger partial charge in [0.05, 0.1) is 12.0 Å². The van der Waals surface area contributed by atoms with Crippen LogP contribution in [0.5, 0.6) is 0 Å². The molecule has 152 valence electrons. The van der Waals surface area contributed by atoms with Crippen molar-refractivity contribution >= 4 is 62.2 Å². The number of carbonyl (C=O) groups excluding carboxylic acids is 1. The lowest BCUT2D eigenvalue weighted by molar-refractivity contribution is 0.0514. The van der Waals surface area contributed by atoms with Gasteiger partial charge in [-0.3, -0.25) is 0 Å². The van der Waals surface area contributed by atoms with Crippen LogP contribution in [-0.2, 0) is 11.2 Å². The van der Waals surface area contributed by atoms with Crippen molar-refractivity contribution in [1.29, 1.82) is 0 Å². The summed E-state index contributed by atoms with van der Waals surface area (Å²) in [6.07, 6.45) is 2.12. The zero-order valence-corrected chi connectivity index (χ0v) is 18.3. The van der Waals surface area contributed by atoms with E-state index in [0.29, 0.717) is 44.3 Å². The summed E-state index contributed by atoms with van der Waals surface area (Å²) in [4.78, 5) is 22.6. The summed E-state index contributed by atoms with van der Waals surface area (Å²) in [6.45, 7) is 2.18. The van der Waals surface area contributed by atoms with Gasteiger partial charge >= 0.3 is 5.97 Å². The van der Waals surface area contributed by atoms with E-state index in [4.69, 9.17) is 27.9 Å². The van der Waals surface area contributed by atoms with E-state index in [1.54, 1.807) is 18.2 Å². The molecule has 0 amide bonds. The highest BCUT2D eigenvalue weighted by atomic mass is 35.5. The Morgan fingerprint density at radius 2 is 1.83 bits per heavy atom. The second kappa shape index (κ2) is 9.00. The Morgan fingerprint density at radius 3 is 2.57 bits per heavy atom. The summed E-state index contributed by atoms with van der Waals surface area (Å²) < 4.78 is 5.50. The molecule has 0 aliphatic rings. The molecular formula is C22H17Cl2N3O2S. The highest BCUT2D eigenvalue weighted by molar-refractivity contribution is 7.20. The monoisotopic (exact) mass is 457 g/mol. The van der Waals surface area contributed by atoms with Crippen LogP contribution >= 0.6 is 34.5 Å². The first-order valence-electron chi connectivity index (χ1n) is 9.19. The maximum atomic E-state index is 12.7. The van der Waals surface area contributed by atoms with Gasteiger partial charge in [0.1, 0.15) is 21.9 Å². The number of thiophene rings is 1. The van der Waals surface area contributed by atoms with Crippen molar-refractivity contribution in [1.82, 2.24) is 9.97 Å². The van der Waals surface area contributed by atoms with Gasteiger partial charge in [0.2, 0.25) is 0 Å². The molecule has 2 heterocycles. The van der Waals surface area contributed by atoms with Crippen molar-refractivity contribution in [2.24, 2.45) is 0 Å². The van der Waals surface area contributed by atoms with E-state index in [1.165, 1.54) is 17.7 Å².